The van der Waals surface area contributed by atoms with Gasteiger partial charge >= 0.3 is 0 Å². The Morgan fingerprint density at radius 2 is 2.00 bits per heavy atom. The van der Waals surface area contributed by atoms with E-state index in [9.17, 15) is 5.11 Å². The highest BCUT2D eigenvalue weighted by Crippen LogP contribution is 2.50. The van der Waals surface area contributed by atoms with Crippen LogP contribution in [0.2, 0.25) is 0 Å². The summed E-state index contributed by atoms with van der Waals surface area (Å²) in [5, 5.41) is 10.1. The van der Waals surface area contributed by atoms with Gasteiger partial charge in [-0.05, 0) is 47.9 Å². The van der Waals surface area contributed by atoms with Crippen molar-refractivity contribution in [2.75, 3.05) is 0 Å². The third kappa shape index (κ3) is 2.03. The monoisotopic (exact) mass is 294 g/mol. The zero-order valence-corrected chi connectivity index (χ0v) is 12.4. The average Bonchev–Trinajstić information content (AvgIpc) is 2.49. The number of aromatic hydroxyl groups is 1. The van der Waals surface area contributed by atoms with E-state index in [0.717, 1.165) is 22.0 Å². The van der Waals surface area contributed by atoms with Crippen molar-refractivity contribution in [2.24, 2.45) is 11.3 Å². The lowest BCUT2D eigenvalue weighted by atomic mass is 9.76. The largest absolute Gasteiger partial charge is 0.507 e. The van der Waals surface area contributed by atoms with E-state index < -0.39 is 0 Å². The van der Waals surface area contributed by atoms with Gasteiger partial charge in [-0.1, -0.05) is 42.8 Å². The molecule has 0 bridgehead atoms. The number of benzene rings is 1. The molecule has 2 rings (SSSR count). The molecular formula is C15H19BrO. The first-order chi connectivity index (χ1) is 7.84. The van der Waals surface area contributed by atoms with Gasteiger partial charge in [0.05, 0.1) is 0 Å². The molecule has 0 saturated carbocycles. The first-order valence-electron chi connectivity index (χ1n) is 6.04. The van der Waals surface area contributed by atoms with Gasteiger partial charge in [-0.25, -0.2) is 0 Å². The molecule has 1 aliphatic rings. The Balaban J connectivity index is 2.53. The molecule has 1 aliphatic carbocycles. The zero-order chi connectivity index (χ0) is 12.8. The summed E-state index contributed by atoms with van der Waals surface area (Å²) < 4.78 is 1.06. The van der Waals surface area contributed by atoms with Gasteiger partial charge in [0.1, 0.15) is 5.75 Å². The summed E-state index contributed by atoms with van der Waals surface area (Å²) in [5.74, 6) is 1.01. The molecule has 1 N–H and O–H groups in total. The standard InChI is InChI=1S/C15H19BrO/c1-9-7-14(17)11(8-13(9)16)12-6-5-10(2)15(12,3)4/h6-8,10,17H,5H2,1-4H3/t10-/m1/s1. The van der Waals surface area contributed by atoms with E-state index in [2.05, 4.69) is 42.8 Å². The van der Waals surface area contributed by atoms with Crippen LogP contribution < -0.4 is 0 Å². The van der Waals surface area contributed by atoms with Crippen molar-refractivity contribution in [1.29, 1.82) is 0 Å². The van der Waals surface area contributed by atoms with Crippen molar-refractivity contribution in [3.63, 3.8) is 0 Å². The highest BCUT2D eigenvalue weighted by atomic mass is 79.9. The summed E-state index contributed by atoms with van der Waals surface area (Å²) in [6, 6.07) is 3.87. The molecule has 0 aliphatic heterocycles. The average molecular weight is 295 g/mol. The third-order valence-electron chi connectivity index (χ3n) is 4.17. The molecule has 1 nitrogen and oxygen atoms in total. The van der Waals surface area contributed by atoms with Crippen LogP contribution in [0, 0.1) is 18.3 Å². The topological polar surface area (TPSA) is 20.2 Å². The van der Waals surface area contributed by atoms with E-state index in [4.69, 9.17) is 0 Å². The molecule has 0 aromatic heterocycles. The molecule has 2 heteroatoms. The predicted molar refractivity (Wildman–Crippen MR) is 76.1 cm³/mol. The Bertz CT molecular complexity index is 486. The van der Waals surface area contributed by atoms with Crippen molar-refractivity contribution in [2.45, 2.75) is 34.1 Å². The fourth-order valence-corrected chi connectivity index (χ4v) is 2.80. The molecule has 0 radical (unpaired) electrons. The number of allylic oxidation sites excluding steroid dienone is 2. The molecule has 1 atom stereocenters. The van der Waals surface area contributed by atoms with Gasteiger partial charge in [0.15, 0.2) is 0 Å². The second-order valence-corrected chi connectivity index (χ2v) is 6.45. The summed E-state index contributed by atoms with van der Waals surface area (Å²) in [5.41, 5.74) is 3.43. The number of rotatable bonds is 1. The van der Waals surface area contributed by atoms with Crippen LogP contribution in [-0.2, 0) is 0 Å². The molecule has 1 aromatic carbocycles. The first kappa shape index (κ1) is 12.7. The minimum Gasteiger partial charge on any atom is -0.507 e. The van der Waals surface area contributed by atoms with Crippen molar-refractivity contribution < 1.29 is 5.11 Å². The summed E-state index contributed by atoms with van der Waals surface area (Å²) >= 11 is 3.54. The third-order valence-corrected chi connectivity index (χ3v) is 5.02. The van der Waals surface area contributed by atoms with E-state index in [1.54, 1.807) is 0 Å². The lowest BCUT2D eigenvalue weighted by molar-refractivity contribution is 0.346. The number of phenols is 1. The Morgan fingerprint density at radius 3 is 2.53 bits per heavy atom. The molecule has 0 spiro atoms. The highest BCUT2D eigenvalue weighted by Gasteiger charge is 2.35. The van der Waals surface area contributed by atoms with E-state index in [0.29, 0.717) is 11.7 Å². The smallest absolute Gasteiger partial charge is 0.123 e. The molecule has 0 fully saturated rings. The van der Waals surface area contributed by atoms with Crippen LogP contribution in [0.15, 0.2) is 22.7 Å². The molecular weight excluding hydrogens is 276 g/mol. The number of aryl methyl sites for hydroxylation is 1. The summed E-state index contributed by atoms with van der Waals surface area (Å²) in [7, 11) is 0. The molecule has 0 unspecified atom stereocenters. The minimum atomic E-state index is 0.131. The lowest BCUT2D eigenvalue weighted by Crippen LogP contribution is -2.18. The quantitative estimate of drug-likeness (QED) is 0.780. The molecule has 0 amide bonds. The van der Waals surface area contributed by atoms with Gasteiger partial charge in [-0.2, -0.15) is 0 Å². The maximum absolute atomic E-state index is 10.1. The second-order valence-electron chi connectivity index (χ2n) is 5.59. The molecule has 17 heavy (non-hydrogen) atoms. The SMILES string of the molecule is Cc1cc(O)c(C2=CC[C@@H](C)C2(C)C)cc1Br. The fourth-order valence-electron chi connectivity index (χ4n) is 2.46. The second kappa shape index (κ2) is 4.16. The Hall–Kier alpha value is -0.760. The van der Waals surface area contributed by atoms with Gasteiger partial charge in [-0.15, -0.1) is 0 Å². The van der Waals surface area contributed by atoms with Crippen LogP contribution in [0.4, 0.5) is 0 Å². The van der Waals surface area contributed by atoms with E-state index in [1.807, 2.05) is 19.1 Å². The van der Waals surface area contributed by atoms with Gasteiger partial charge in [0, 0.05) is 10.0 Å². The zero-order valence-electron chi connectivity index (χ0n) is 10.8. The Labute approximate surface area is 112 Å². The van der Waals surface area contributed by atoms with Gasteiger partial charge in [0.2, 0.25) is 0 Å². The van der Waals surface area contributed by atoms with E-state index >= 15 is 0 Å². The Kier molecular flexibility index (Phi) is 3.11. The summed E-state index contributed by atoms with van der Waals surface area (Å²) in [6.45, 7) is 8.77. The number of phenolic OH excluding ortho intramolecular Hbond substituents is 1. The van der Waals surface area contributed by atoms with Gasteiger partial charge < -0.3 is 5.11 Å². The molecule has 1 aromatic rings. The predicted octanol–water partition coefficient (Wildman–Crippen LogP) is 4.91. The lowest BCUT2D eigenvalue weighted by Gasteiger charge is -2.29. The highest BCUT2D eigenvalue weighted by molar-refractivity contribution is 9.10. The fraction of sp³-hybridized carbons (Fsp3) is 0.467. The van der Waals surface area contributed by atoms with Crippen LogP contribution in [0.1, 0.15) is 38.3 Å². The van der Waals surface area contributed by atoms with Crippen molar-refractivity contribution >= 4 is 21.5 Å². The van der Waals surface area contributed by atoms with E-state index in [-0.39, 0.29) is 5.41 Å². The molecule has 0 heterocycles. The first-order valence-corrected chi connectivity index (χ1v) is 6.83. The number of hydrogen-bond donors (Lipinski definition) is 1. The van der Waals surface area contributed by atoms with Gasteiger partial charge in [-0.3, -0.25) is 0 Å². The van der Waals surface area contributed by atoms with Crippen LogP contribution in [-0.4, -0.2) is 5.11 Å². The van der Waals surface area contributed by atoms with Crippen LogP contribution >= 0.6 is 15.9 Å². The maximum atomic E-state index is 10.1. The van der Waals surface area contributed by atoms with Crippen LogP contribution in [0.25, 0.3) is 5.57 Å². The number of halogens is 1. The normalized spacial score (nSPS) is 22.6. The van der Waals surface area contributed by atoms with Crippen LogP contribution in [0.5, 0.6) is 5.75 Å². The molecule has 0 saturated heterocycles. The van der Waals surface area contributed by atoms with Crippen molar-refractivity contribution in [1.82, 2.24) is 0 Å². The Morgan fingerprint density at radius 1 is 1.35 bits per heavy atom. The van der Waals surface area contributed by atoms with E-state index in [1.165, 1.54) is 5.57 Å². The number of hydrogen-bond acceptors (Lipinski definition) is 1. The van der Waals surface area contributed by atoms with Crippen molar-refractivity contribution in [3.05, 3.63) is 33.8 Å². The summed E-state index contributed by atoms with van der Waals surface area (Å²) in [4.78, 5) is 0. The van der Waals surface area contributed by atoms with Crippen molar-refractivity contribution in [3.8, 4) is 5.75 Å². The minimum absolute atomic E-state index is 0.131. The maximum Gasteiger partial charge on any atom is 0.123 e. The van der Waals surface area contributed by atoms with Crippen LogP contribution in [0.3, 0.4) is 0 Å². The summed E-state index contributed by atoms with van der Waals surface area (Å²) in [6.07, 6.45) is 3.36. The molecule has 92 valence electrons. The van der Waals surface area contributed by atoms with Gasteiger partial charge in [0.25, 0.3) is 0 Å².